The second-order valence-corrected chi connectivity index (χ2v) is 6.33. The maximum absolute atomic E-state index is 11.8. The van der Waals surface area contributed by atoms with Gasteiger partial charge >= 0.3 is 0 Å². The van der Waals surface area contributed by atoms with Crippen LogP contribution in [0, 0.1) is 11.3 Å². The molecule has 2 N–H and O–H groups in total. The van der Waals surface area contributed by atoms with Crippen LogP contribution in [-0.2, 0) is 4.79 Å². The molecule has 0 bridgehead atoms. The molecule has 1 rings (SSSR count). The molecule has 1 amide bonds. The van der Waals surface area contributed by atoms with E-state index in [2.05, 4.69) is 34.4 Å². The summed E-state index contributed by atoms with van der Waals surface area (Å²) >= 11 is 0. The van der Waals surface area contributed by atoms with Crippen molar-refractivity contribution in [3.8, 4) is 0 Å². The number of guanidine groups is 1. The van der Waals surface area contributed by atoms with Crippen LogP contribution in [0.1, 0.15) is 40.5 Å². The summed E-state index contributed by atoms with van der Waals surface area (Å²) in [7, 11) is 1.67. The highest BCUT2D eigenvalue weighted by atomic mass is 16.2. The second kappa shape index (κ2) is 7.50. The molecule has 0 aliphatic carbocycles. The molecule has 1 fully saturated rings. The molecule has 1 unspecified atom stereocenters. The maximum Gasteiger partial charge on any atom is 0.227 e. The molecule has 5 nitrogen and oxygen atoms in total. The lowest BCUT2D eigenvalue weighted by Gasteiger charge is -2.34. The van der Waals surface area contributed by atoms with Gasteiger partial charge in [0.2, 0.25) is 5.91 Å². The predicted molar refractivity (Wildman–Crippen MR) is 83.8 cm³/mol. The van der Waals surface area contributed by atoms with E-state index in [1.807, 2.05) is 13.8 Å². The number of nitrogens with zero attached hydrogens (tertiary/aromatic N) is 2. The van der Waals surface area contributed by atoms with Crippen LogP contribution in [-0.4, -0.2) is 50.0 Å². The zero-order valence-electron chi connectivity index (χ0n) is 13.6. The van der Waals surface area contributed by atoms with E-state index >= 15 is 0 Å². The van der Waals surface area contributed by atoms with Crippen LogP contribution in [0.4, 0.5) is 0 Å². The summed E-state index contributed by atoms with van der Waals surface area (Å²) in [5.74, 6) is 1.68. The van der Waals surface area contributed by atoms with Crippen LogP contribution in [0.5, 0.6) is 0 Å². The lowest BCUT2D eigenvalue weighted by Crippen LogP contribution is -2.47. The van der Waals surface area contributed by atoms with Gasteiger partial charge in [-0.2, -0.15) is 0 Å². The third-order valence-electron chi connectivity index (χ3n) is 3.76. The first-order chi connectivity index (χ1) is 9.40. The summed E-state index contributed by atoms with van der Waals surface area (Å²) in [6.45, 7) is 11.7. The van der Waals surface area contributed by atoms with Crippen molar-refractivity contribution in [2.24, 2.45) is 16.3 Å². The van der Waals surface area contributed by atoms with Crippen LogP contribution in [0.15, 0.2) is 4.99 Å². The third-order valence-corrected chi connectivity index (χ3v) is 3.76. The summed E-state index contributed by atoms with van der Waals surface area (Å²) in [5.41, 5.74) is -0.475. The van der Waals surface area contributed by atoms with Crippen molar-refractivity contribution in [1.29, 1.82) is 0 Å². The van der Waals surface area contributed by atoms with Gasteiger partial charge in [-0.1, -0.05) is 6.92 Å². The average Bonchev–Trinajstić information content (AvgIpc) is 2.42. The normalized spacial score (nSPS) is 20.8. The van der Waals surface area contributed by atoms with Gasteiger partial charge in [0.05, 0.1) is 12.0 Å². The van der Waals surface area contributed by atoms with E-state index in [-0.39, 0.29) is 5.91 Å². The lowest BCUT2D eigenvalue weighted by molar-refractivity contribution is -0.128. The van der Waals surface area contributed by atoms with Crippen molar-refractivity contribution in [3.63, 3.8) is 0 Å². The van der Waals surface area contributed by atoms with Crippen molar-refractivity contribution in [2.45, 2.75) is 40.5 Å². The molecule has 116 valence electrons. The van der Waals surface area contributed by atoms with E-state index in [1.54, 1.807) is 7.05 Å². The number of carbonyl (C=O) groups excluding carboxylic acids is 1. The van der Waals surface area contributed by atoms with Gasteiger partial charge in [-0.05, 0) is 39.5 Å². The Balaban J connectivity index is 2.74. The molecule has 0 aromatic rings. The van der Waals surface area contributed by atoms with E-state index in [0.29, 0.717) is 12.5 Å². The molecule has 1 aliphatic heterocycles. The smallest absolute Gasteiger partial charge is 0.227 e. The van der Waals surface area contributed by atoms with Crippen LogP contribution in [0.3, 0.4) is 0 Å². The molecule has 20 heavy (non-hydrogen) atoms. The zero-order chi connectivity index (χ0) is 15.2. The molecule has 5 heteroatoms. The van der Waals surface area contributed by atoms with Gasteiger partial charge < -0.3 is 15.5 Å². The highest BCUT2D eigenvalue weighted by Gasteiger charge is 2.27. The quantitative estimate of drug-likeness (QED) is 0.606. The monoisotopic (exact) mass is 282 g/mol. The first kappa shape index (κ1) is 16.8. The van der Waals surface area contributed by atoms with Gasteiger partial charge in [-0.3, -0.25) is 9.79 Å². The Labute approximate surface area is 123 Å². The van der Waals surface area contributed by atoms with E-state index in [1.165, 1.54) is 12.8 Å². The van der Waals surface area contributed by atoms with Gasteiger partial charge in [0.25, 0.3) is 0 Å². The number of hydrogen-bond acceptors (Lipinski definition) is 2. The number of carbonyl (C=O) groups is 1. The Morgan fingerprint density at radius 3 is 2.70 bits per heavy atom. The van der Waals surface area contributed by atoms with Gasteiger partial charge in [0, 0.05) is 26.7 Å². The van der Waals surface area contributed by atoms with E-state index < -0.39 is 5.41 Å². The van der Waals surface area contributed by atoms with Crippen molar-refractivity contribution in [2.75, 3.05) is 33.2 Å². The minimum Gasteiger partial charge on any atom is -0.359 e. The Hall–Kier alpha value is -1.26. The van der Waals surface area contributed by atoms with Crippen LogP contribution in [0.2, 0.25) is 0 Å². The molecule has 1 aliphatic rings. The molecule has 0 spiro atoms. The fraction of sp³-hybridized carbons (Fsp3) is 0.867. The number of nitrogens with one attached hydrogen (secondary N) is 2. The van der Waals surface area contributed by atoms with E-state index in [9.17, 15) is 4.79 Å². The minimum atomic E-state index is -0.475. The zero-order valence-corrected chi connectivity index (χ0v) is 13.6. The van der Waals surface area contributed by atoms with Gasteiger partial charge in [0.1, 0.15) is 0 Å². The topological polar surface area (TPSA) is 56.7 Å². The molecule has 1 atom stereocenters. The summed E-state index contributed by atoms with van der Waals surface area (Å²) < 4.78 is 0. The summed E-state index contributed by atoms with van der Waals surface area (Å²) in [4.78, 5) is 18.8. The third kappa shape index (κ3) is 4.69. The molecule has 0 radical (unpaired) electrons. The van der Waals surface area contributed by atoms with Crippen molar-refractivity contribution in [1.82, 2.24) is 15.5 Å². The summed E-state index contributed by atoms with van der Waals surface area (Å²) in [6.07, 6.45) is 2.50. The fourth-order valence-corrected chi connectivity index (χ4v) is 2.49. The number of rotatable bonds is 4. The molecular formula is C15H30N4O. The summed E-state index contributed by atoms with van der Waals surface area (Å²) in [6, 6.07) is 0. The van der Waals surface area contributed by atoms with Gasteiger partial charge in [0.15, 0.2) is 5.96 Å². The van der Waals surface area contributed by atoms with Crippen molar-refractivity contribution < 1.29 is 4.79 Å². The van der Waals surface area contributed by atoms with Crippen molar-refractivity contribution >= 4 is 11.9 Å². The number of hydrogen-bond donors (Lipinski definition) is 2. The number of likely N-dealkylation sites (tertiary alicyclic amines) is 1. The van der Waals surface area contributed by atoms with Gasteiger partial charge in [-0.25, -0.2) is 0 Å². The van der Waals surface area contributed by atoms with E-state index in [4.69, 9.17) is 0 Å². The minimum absolute atomic E-state index is 0.0316. The first-order valence-corrected chi connectivity index (χ1v) is 7.66. The van der Waals surface area contributed by atoms with Gasteiger partial charge in [-0.15, -0.1) is 0 Å². The largest absolute Gasteiger partial charge is 0.359 e. The standard InChI is InChI=1S/C15H30N4O/c1-6-17-14(19-9-7-8-12(2)10-19)18-11-15(3,4)13(20)16-5/h12H,6-11H2,1-5H3,(H,16,20)(H,17,18). The van der Waals surface area contributed by atoms with Crippen LogP contribution >= 0.6 is 0 Å². The molecule has 0 aromatic heterocycles. The fourth-order valence-electron chi connectivity index (χ4n) is 2.49. The highest BCUT2D eigenvalue weighted by Crippen LogP contribution is 2.18. The Morgan fingerprint density at radius 1 is 1.45 bits per heavy atom. The molecule has 0 aromatic carbocycles. The average molecular weight is 282 g/mol. The molecule has 1 saturated heterocycles. The van der Waals surface area contributed by atoms with Crippen molar-refractivity contribution in [3.05, 3.63) is 0 Å². The Morgan fingerprint density at radius 2 is 2.15 bits per heavy atom. The summed E-state index contributed by atoms with van der Waals surface area (Å²) in [5, 5.41) is 6.05. The number of piperidine rings is 1. The first-order valence-electron chi connectivity index (χ1n) is 7.66. The second-order valence-electron chi connectivity index (χ2n) is 6.33. The highest BCUT2D eigenvalue weighted by molar-refractivity contribution is 5.83. The molecular weight excluding hydrogens is 252 g/mol. The van der Waals surface area contributed by atoms with E-state index in [0.717, 1.165) is 25.6 Å². The Bertz CT molecular complexity index is 352. The molecule has 0 saturated carbocycles. The molecule has 1 heterocycles. The maximum atomic E-state index is 11.8. The SMILES string of the molecule is CCNC(=NCC(C)(C)C(=O)NC)N1CCCC(C)C1. The van der Waals surface area contributed by atoms with Crippen LogP contribution < -0.4 is 10.6 Å². The lowest BCUT2D eigenvalue weighted by atomic mass is 9.93. The number of amides is 1. The van der Waals surface area contributed by atoms with Crippen LogP contribution in [0.25, 0.3) is 0 Å². The predicted octanol–water partition coefficient (Wildman–Crippen LogP) is 1.46. The Kier molecular flexibility index (Phi) is 6.30. The number of aliphatic imine (C=N–C) groups is 1.